The van der Waals surface area contributed by atoms with Crippen molar-refractivity contribution < 1.29 is 0 Å². The van der Waals surface area contributed by atoms with E-state index in [1.54, 1.807) is 5.25 Å². The summed E-state index contributed by atoms with van der Waals surface area (Å²) in [7, 11) is 0. The van der Waals surface area contributed by atoms with Gasteiger partial charge in [-0.25, -0.2) is 0 Å². The zero-order valence-electron chi connectivity index (χ0n) is 7.34. The molecule has 63 valence electrons. The van der Waals surface area contributed by atoms with Crippen molar-refractivity contribution in [1.29, 1.82) is 0 Å². The molecular weight excluding hydrogens is 164 g/mol. The molecule has 0 spiro atoms. The summed E-state index contributed by atoms with van der Waals surface area (Å²) in [5, 5.41) is 3.83. The van der Waals surface area contributed by atoms with Gasteiger partial charge in [-0.2, -0.15) is 0 Å². The average molecular weight is 177 g/mol. The van der Waals surface area contributed by atoms with Gasteiger partial charge >= 0.3 is 0 Å². The van der Waals surface area contributed by atoms with Gasteiger partial charge in [0.25, 0.3) is 0 Å². The molecule has 0 aromatic rings. The Morgan fingerprint density at radius 1 is 1.42 bits per heavy atom. The van der Waals surface area contributed by atoms with Crippen LogP contribution in [0.15, 0.2) is 34.8 Å². The summed E-state index contributed by atoms with van der Waals surface area (Å²) < 4.78 is 0. The summed E-state index contributed by atoms with van der Waals surface area (Å²) in [5.41, 5.74) is 2.90. The fourth-order valence-corrected chi connectivity index (χ4v) is 2.57. The summed E-state index contributed by atoms with van der Waals surface area (Å²) in [6, 6.07) is 0. The molecule has 2 aliphatic rings. The van der Waals surface area contributed by atoms with Crippen LogP contribution in [0.3, 0.4) is 0 Å². The number of rotatable bonds is 3. The highest BCUT2D eigenvalue weighted by molar-refractivity contribution is 8.05. The number of fused-ring (bicyclic) bond motifs is 1. The van der Waals surface area contributed by atoms with Gasteiger partial charge in [0.15, 0.2) is 0 Å². The molecule has 1 aliphatic carbocycles. The van der Waals surface area contributed by atoms with Crippen LogP contribution in [0.1, 0.15) is 26.2 Å². The zero-order valence-corrected chi connectivity index (χ0v) is 8.16. The molecule has 0 unspecified atom stereocenters. The molecule has 0 aromatic heterocycles. The van der Waals surface area contributed by atoms with E-state index in [9.17, 15) is 0 Å². The van der Waals surface area contributed by atoms with Gasteiger partial charge in [0.1, 0.15) is 0 Å². The first-order valence-corrected chi connectivity index (χ1v) is 5.41. The minimum absolute atomic E-state index is 1.26. The lowest BCUT2D eigenvalue weighted by atomic mass is 10.0. The van der Waals surface area contributed by atoms with Crippen LogP contribution in [-0.4, -0.2) is 0 Å². The number of thioether (sulfide) groups is 1. The Labute approximate surface area is 78.4 Å². The van der Waals surface area contributed by atoms with Crippen LogP contribution in [0.4, 0.5) is 0 Å². The van der Waals surface area contributed by atoms with Crippen LogP contribution in [0, 0.1) is 5.25 Å². The Bertz CT molecular complexity index is 258. The second kappa shape index (κ2) is 3.53. The van der Waals surface area contributed by atoms with Crippen molar-refractivity contribution in [3.05, 3.63) is 40.0 Å². The minimum atomic E-state index is 1.26. The molecule has 2 rings (SSSR count). The monoisotopic (exact) mass is 177 g/mol. The van der Waals surface area contributed by atoms with Crippen molar-refractivity contribution in [2.24, 2.45) is 0 Å². The first-order chi connectivity index (χ1) is 5.92. The molecule has 0 saturated carbocycles. The first kappa shape index (κ1) is 8.18. The summed E-state index contributed by atoms with van der Waals surface area (Å²) in [4.78, 5) is 0. The third-order valence-electron chi connectivity index (χ3n) is 2.24. The van der Waals surface area contributed by atoms with Crippen molar-refractivity contribution in [3.8, 4) is 0 Å². The van der Waals surface area contributed by atoms with Crippen LogP contribution in [-0.2, 0) is 0 Å². The Morgan fingerprint density at radius 3 is 3.17 bits per heavy atom. The van der Waals surface area contributed by atoms with Gasteiger partial charge in [-0.05, 0) is 23.0 Å². The Kier molecular flexibility index (Phi) is 2.40. The average Bonchev–Trinajstić information content (AvgIpc) is 2.62. The van der Waals surface area contributed by atoms with Gasteiger partial charge in [-0.1, -0.05) is 38.0 Å². The smallest absolute Gasteiger partial charge is 0.0646 e. The molecular formula is C11H13S. The second-order valence-electron chi connectivity index (χ2n) is 3.16. The lowest BCUT2D eigenvalue weighted by molar-refractivity contribution is 0.781. The fourth-order valence-electron chi connectivity index (χ4n) is 1.52. The van der Waals surface area contributed by atoms with Crippen molar-refractivity contribution in [2.45, 2.75) is 26.2 Å². The maximum absolute atomic E-state index is 2.26. The predicted octanol–water partition coefficient (Wildman–Crippen LogP) is 3.84. The van der Waals surface area contributed by atoms with E-state index >= 15 is 0 Å². The summed E-state index contributed by atoms with van der Waals surface area (Å²) >= 11 is 1.91. The highest BCUT2D eigenvalue weighted by atomic mass is 32.2. The second-order valence-corrected chi connectivity index (χ2v) is 4.12. The third kappa shape index (κ3) is 1.38. The van der Waals surface area contributed by atoms with E-state index in [0.29, 0.717) is 0 Å². The normalized spacial score (nSPS) is 21.1. The molecule has 0 amide bonds. The van der Waals surface area contributed by atoms with E-state index in [-0.39, 0.29) is 0 Å². The van der Waals surface area contributed by atoms with Gasteiger partial charge in [-0.3, -0.25) is 0 Å². The van der Waals surface area contributed by atoms with Crippen molar-refractivity contribution in [1.82, 2.24) is 0 Å². The maximum Gasteiger partial charge on any atom is 0.0646 e. The first-order valence-electron chi connectivity index (χ1n) is 4.53. The number of hydrogen-bond donors (Lipinski definition) is 0. The standard InChI is InChI=1S/C11H13S/c1-2-3-7-11-10-6-4-5-9(10)8-12-11/h4-6,8H,2-3,7H2,1H3. The molecule has 0 fully saturated rings. The van der Waals surface area contributed by atoms with Gasteiger partial charge in [0.2, 0.25) is 0 Å². The van der Waals surface area contributed by atoms with E-state index in [2.05, 4.69) is 30.6 Å². The van der Waals surface area contributed by atoms with Crippen LogP contribution in [0.2, 0.25) is 0 Å². The number of hydrogen-bond acceptors (Lipinski definition) is 1. The molecule has 0 aromatic carbocycles. The Hall–Kier alpha value is -0.430. The molecule has 1 radical (unpaired) electrons. The van der Waals surface area contributed by atoms with E-state index in [1.165, 1.54) is 30.4 Å². The molecule has 0 bridgehead atoms. The highest BCUT2D eigenvalue weighted by Gasteiger charge is 2.24. The largest absolute Gasteiger partial charge is 0.120 e. The molecule has 1 heteroatoms. The van der Waals surface area contributed by atoms with E-state index in [4.69, 9.17) is 0 Å². The minimum Gasteiger partial charge on any atom is -0.120 e. The van der Waals surface area contributed by atoms with Gasteiger partial charge in [0, 0.05) is 0 Å². The molecule has 1 aliphatic heterocycles. The summed E-state index contributed by atoms with van der Waals surface area (Å²) in [5.74, 6) is 0. The molecule has 0 nitrogen and oxygen atoms in total. The van der Waals surface area contributed by atoms with Crippen LogP contribution in [0.25, 0.3) is 0 Å². The van der Waals surface area contributed by atoms with Crippen molar-refractivity contribution in [2.75, 3.05) is 0 Å². The van der Waals surface area contributed by atoms with E-state index < -0.39 is 0 Å². The third-order valence-corrected chi connectivity index (χ3v) is 3.32. The topological polar surface area (TPSA) is 0 Å². The van der Waals surface area contributed by atoms with Gasteiger partial charge in [-0.15, -0.1) is 11.8 Å². The van der Waals surface area contributed by atoms with E-state index in [1.807, 2.05) is 11.8 Å². The molecule has 1 heterocycles. The van der Waals surface area contributed by atoms with Crippen LogP contribution < -0.4 is 0 Å². The van der Waals surface area contributed by atoms with Crippen molar-refractivity contribution >= 4 is 11.8 Å². The van der Waals surface area contributed by atoms with Crippen LogP contribution in [0.5, 0.6) is 0 Å². The zero-order chi connectivity index (χ0) is 8.39. The lowest BCUT2D eigenvalue weighted by Crippen LogP contribution is -1.91. The molecule has 0 N–H and O–H groups in total. The summed E-state index contributed by atoms with van der Waals surface area (Å²) in [6.45, 7) is 2.25. The number of unbranched alkanes of at least 4 members (excludes halogenated alkanes) is 1. The lowest BCUT2D eigenvalue weighted by Gasteiger charge is -2.08. The van der Waals surface area contributed by atoms with Gasteiger partial charge < -0.3 is 0 Å². The van der Waals surface area contributed by atoms with Crippen molar-refractivity contribution in [3.63, 3.8) is 0 Å². The van der Waals surface area contributed by atoms with E-state index in [0.717, 1.165) is 0 Å². The highest BCUT2D eigenvalue weighted by Crippen LogP contribution is 2.46. The summed E-state index contributed by atoms with van der Waals surface area (Å²) in [6.07, 6.45) is 10.4. The molecule has 0 atom stereocenters. The SMILES string of the molecule is CCCC[C]1SC=C2C=CC=C12. The number of allylic oxidation sites excluding steroid dienone is 4. The predicted molar refractivity (Wildman–Crippen MR) is 55.7 cm³/mol. The Morgan fingerprint density at radius 2 is 2.33 bits per heavy atom. The van der Waals surface area contributed by atoms with Crippen LogP contribution >= 0.6 is 11.8 Å². The maximum atomic E-state index is 2.26. The van der Waals surface area contributed by atoms with Gasteiger partial charge in [0.05, 0.1) is 5.25 Å². The fraction of sp³-hybridized carbons (Fsp3) is 0.364. The quantitative estimate of drug-likeness (QED) is 0.631. The molecule has 12 heavy (non-hydrogen) atoms. The molecule has 0 saturated heterocycles. The Balaban J connectivity index is 1.97.